The van der Waals surface area contributed by atoms with Gasteiger partial charge in [-0.15, -0.1) is 0 Å². The fourth-order valence-corrected chi connectivity index (χ4v) is 4.81. The van der Waals surface area contributed by atoms with Gasteiger partial charge >= 0.3 is 0 Å². The number of piperidine rings is 1. The number of sulfonamides is 1. The van der Waals surface area contributed by atoms with E-state index in [0.29, 0.717) is 18.7 Å². The molecule has 1 aliphatic rings. The normalized spacial score (nSPS) is 14.8. The van der Waals surface area contributed by atoms with Gasteiger partial charge in [-0.2, -0.15) is 4.31 Å². The molecule has 0 radical (unpaired) electrons. The standard InChI is InChI=1S/C22H24FN3O5S/c1-31-20-10-8-16(14-19(20)23)9-11-21(27)24-25-22(28)17-6-5-7-18(15-17)32(29,30)26-12-3-2-4-13-26/h5-11,14-15H,2-4,12-13H2,1H3,(H,24,27)(H,25,28)/b11-9+. The summed E-state index contributed by atoms with van der Waals surface area (Å²) in [5.74, 6) is -1.80. The summed E-state index contributed by atoms with van der Waals surface area (Å²) in [5.41, 5.74) is 4.96. The van der Waals surface area contributed by atoms with Gasteiger partial charge in [0.05, 0.1) is 12.0 Å². The summed E-state index contributed by atoms with van der Waals surface area (Å²) >= 11 is 0. The van der Waals surface area contributed by atoms with Gasteiger partial charge in [0.15, 0.2) is 11.6 Å². The van der Waals surface area contributed by atoms with Crippen LogP contribution in [0.15, 0.2) is 53.4 Å². The van der Waals surface area contributed by atoms with Crippen LogP contribution in [0.5, 0.6) is 5.75 Å². The van der Waals surface area contributed by atoms with Crippen LogP contribution in [0.4, 0.5) is 4.39 Å². The van der Waals surface area contributed by atoms with Crippen molar-refractivity contribution in [1.29, 1.82) is 0 Å². The van der Waals surface area contributed by atoms with Crippen molar-refractivity contribution >= 4 is 27.9 Å². The first-order chi connectivity index (χ1) is 15.3. The third kappa shape index (κ3) is 5.71. The number of rotatable bonds is 6. The first-order valence-electron chi connectivity index (χ1n) is 10.0. The van der Waals surface area contributed by atoms with Crippen molar-refractivity contribution in [3.63, 3.8) is 0 Å². The van der Waals surface area contributed by atoms with Crippen molar-refractivity contribution in [1.82, 2.24) is 15.2 Å². The highest BCUT2D eigenvalue weighted by atomic mass is 32.2. The summed E-state index contributed by atoms with van der Waals surface area (Å²) in [6.45, 7) is 0.915. The molecule has 0 aliphatic carbocycles. The lowest BCUT2D eigenvalue weighted by Crippen LogP contribution is -2.41. The van der Waals surface area contributed by atoms with Gasteiger partial charge in [0.1, 0.15) is 0 Å². The van der Waals surface area contributed by atoms with E-state index in [1.807, 2.05) is 0 Å². The number of carbonyl (C=O) groups is 2. The van der Waals surface area contributed by atoms with Crippen molar-refractivity contribution < 1.29 is 27.1 Å². The number of hydrogen-bond donors (Lipinski definition) is 2. The molecule has 2 aromatic carbocycles. The van der Waals surface area contributed by atoms with Crippen LogP contribution in [0, 0.1) is 5.82 Å². The summed E-state index contributed by atoms with van der Waals surface area (Å²) in [6, 6.07) is 9.85. The summed E-state index contributed by atoms with van der Waals surface area (Å²) < 4.78 is 45.5. The number of ether oxygens (including phenoxy) is 1. The smallest absolute Gasteiger partial charge is 0.269 e. The molecule has 1 saturated heterocycles. The predicted octanol–water partition coefficient (Wildman–Crippen LogP) is 2.48. The quantitative estimate of drug-likeness (QED) is 0.508. The zero-order valence-electron chi connectivity index (χ0n) is 17.5. The van der Waals surface area contributed by atoms with E-state index in [-0.39, 0.29) is 16.2 Å². The van der Waals surface area contributed by atoms with E-state index in [4.69, 9.17) is 4.74 Å². The second-order valence-corrected chi connectivity index (χ2v) is 9.10. The van der Waals surface area contributed by atoms with E-state index in [1.54, 1.807) is 6.07 Å². The van der Waals surface area contributed by atoms with Crippen LogP contribution in [-0.2, 0) is 14.8 Å². The van der Waals surface area contributed by atoms with E-state index in [1.165, 1.54) is 53.9 Å². The Morgan fingerprint density at radius 3 is 2.50 bits per heavy atom. The molecule has 0 aromatic heterocycles. The molecule has 0 bridgehead atoms. The molecule has 1 fully saturated rings. The first kappa shape index (κ1) is 23.4. The van der Waals surface area contributed by atoms with Crippen molar-refractivity contribution in [3.05, 3.63) is 65.5 Å². The summed E-state index contributed by atoms with van der Waals surface area (Å²) in [6.07, 6.45) is 5.11. The van der Waals surface area contributed by atoms with Crippen LogP contribution in [0.3, 0.4) is 0 Å². The maximum absolute atomic E-state index is 13.7. The molecule has 0 saturated carbocycles. The van der Waals surface area contributed by atoms with Crippen molar-refractivity contribution in [2.45, 2.75) is 24.2 Å². The topological polar surface area (TPSA) is 105 Å². The van der Waals surface area contributed by atoms with Crippen LogP contribution < -0.4 is 15.6 Å². The van der Waals surface area contributed by atoms with Crippen molar-refractivity contribution in [3.8, 4) is 5.75 Å². The summed E-state index contributed by atoms with van der Waals surface area (Å²) in [4.78, 5) is 24.4. The lowest BCUT2D eigenvalue weighted by Gasteiger charge is -2.26. The summed E-state index contributed by atoms with van der Waals surface area (Å²) in [5, 5.41) is 0. The van der Waals surface area contributed by atoms with Gasteiger partial charge in [0.25, 0.3) is 11.8 Å². The van der Waals surface area contributed by atoms with E-state index >= 15 is 0 Å². The zero-order chi connectivity index (χ0) is 23.1. The molecule has 170 valence electrons. The Bertz CT molecular complexity index is 1130. The minimum Gasteiger partial charge on any atom is -0.494 e. The minimum absolute atomic E-state index is 0.0276. The van der Waals surface area contributed by atoms with Gasteiger partial charge in [0.2, 0.25) is 10.0 Å². The molecule has 32 heavy (non-hydrogen) atoms. The second-order valence-electron chi connectivity index (χ2n) is 7.16. The molecular weight excluding hydrogens is 437 g/mol. The Balaban J connectivity index is 1.60. The molecule has 0 atom stereocenters. The van der Waals surface area contributed by atoms with E-state index < -0.39 is 27.7 Å². The monoisotopic (exact) mass is 461 g/mol. The Kier molecular flexibility index (Phi) is 7.60. The highest BCUT2D eigenvalue weighted by Gasteiger charge is 2.26. The van der Waals surface area contributed by atoms with Crippen molar-refractivity contribution in [2.24, 2.45) is 0 Å². The van der Waals surface area contributed by atoms with Crippen LogP contribution in [0.1, 0.15) is 35.2 Å². The molecule has 10 heteroatoms. The maximum atomic E-state index is 13.7. The number of halogens is 1. The number of nitrogens with one attached hydrogen (secondary N) is 2. The third-order valence-electron chi connectivity index (χ3n) is 4.95. The lowest BCUT2D eigenvalue weighted by atomic mass is 10.2. The number of benzene rings is 2. The van der Waals surface area contributed by atoms with Gasteiger partial charge in [-0.25, -0.2) is 12.8 Å². The highest BCUT2D eigenvalue weighted by molar-refractivity contribution is 7.89. The highest BCUT2D eigenvalue weighted by Crippen LogP contribution is 2.21. The van der Waals surface area contributed by atoms with Gasteiger partial charge in [-0.3, -0.25) is 20.4 Å². The SMILES string of the molecule is COc1ccc(/C=C/C(=O)NNC(=O)c2cccc(S(=O)(=O)N3CCCCC3)c2)cc1F. The zero-order valence-corrected chi connectivity index (χ0v) is 18.3. The predicted molar refractivity (Wildman–Crippen MR) is 117 cm³/mol. The number of hydrogen-bond acceptors (Lipinski definition) is 5. The number of nitrogens with zero attached hydrogens (tertiary/aromatic N) is 1. The second kappa shape index (κ2) is 10.4. The average Bonchev–Trinajstić information content (AvgIpc) is 2.82. The van der Waals surface area contributed by atoms with Crippen molar-refractivity contribution in [2.75, 3.05) is 20.2 Å². The molecule has 2 aromatic rings. The Labute approximate surface area is 186 Å². The number of methoxy groups -OCH3 is 1. The van der Waals surface area contributed by atoms with Gasteiger partial charge in [-0.1, -0.05) is 18.6 Å². The Morgan fingerprint density at radius 1 is 1.06 bits per heavy atom. The van der Waals surface area contributed by atoms with E-state index in [0.717, 1.165) is 25.3 Å². The first-order valence-corrected chi connectivity index (χ1v) is 11.5. The molecule has 0 unspecified atom stereocenters. The van der Waals surface area contributed by atoms with Gasteiger partial charge in [0, 0.05) is 24.7 Å². The van der Waals surface area contributed by atoms with E-state index in [2.05, 4.69) is 10.9 Å². The molecule has 8 nitrogen and oxygen atoms in total. The number of amides is 2. The fourth-order valence-electron chi connectivity index (χ4n) is 3.24. The van der Waals surface area contributed by atoms with Crippen LogP contribution in [-0.4, -0.2) is 44.7 Å². The summed E-state index contributed by atoms with van der Waals surface area (Å²) in [7, 11) is -2.33. The van der Waals surface area contributed by atoms with E-state index in [9.17, 15) is 22.4 Å². The molecule has 2 N–H and O–H groups in total. The average molecular weight is 462 g/mol. The van der Waals surface area contributed by atoms with Crippen LogP contribution in [0.25, 0.3) is 6.08 Å². The lowest BCUT2D eigenvalue weighted by molar-refractivity contribution is -0.117. The van der Waals surface area contributed by atoms with Gasteiger partial charge in [-0.05, 0) is 54.8 Å². The minimum atomic E-state index is -3.68. The van der Waals surface area contributed by atoms with Crippen LogP contribution in [0.2, 0.25) is 0 Å². The molecule has 2 amide bonds. The molecular formula is C22H24FN3O5S. The molecule has 0 spiro atoms. The van der Waals surface area contributed by atoms with Crippen LogP contribution >= 0.6 is 0 Å². The molecule has 3 rings (SSSR count). The van der Waals surface area contributed by atoms with Gasteiger partial charge < -0.3 is 4.74 Å². The number of hydrazine groups is 1. The number of carbonyl (C=O) groups excluding carboxylic acids is 2. The fraction of sp³-hybridized carbons (Fsp3) is 0.273. The third-order valence-corrected chi connectivity index (χ3v) is 6.85. The Hall–Kier alpha value is -3.24. The molecule has 1 aliphatic heterocycles. The molecule has 1 heterocycles. The Morgan fingerprint density at radius 2 is 1.81 bits per heavy atom. The largest absolute Gasteiger partial charge is 0.494 e. The maximum Gasteiger partial charge on any atom is 0.269 e.